The molecule has 0 aromatic heterocycles. The molecule has 0 bridgehead atoms. The Labute approximate surface area is 143 Å². The molecule has 2 N–H and O–H groups in total. The normalized spacial score (nSPS) is 20.1. The molecule has 0 aliphatic carbocycles. The van der Waals surface area contributed by atoms with Gasteiger partial charge in [0.1, 0.15) is 0 Å². The third-order valence-corrected chi connectivity index (χ3v) is 4.78. The Kier molecular flexibility index (Phi) is 4.95. The minimum absolute atomic E-state index is 0.0488. The van der Waals surface area contributed by atoms with Crippen LogP contribution < -0.4 is 5.73 Å². The number of aryl methyl sites for hydroxylation is 1. The first-order valence-electron chi connectivity index (χ1n) is 8.72. The second-order valence-corrected chi connectivity index (χ2v) is 6.44. The third kappa shape index (κ3) is 3.20. The smallest absolute Gasteiger partial charge is 0.258 e. The van der Waals surface area contributed by atoms with Crippen molar-refractivity contribution in [3.05, 3.63) is 58.4 Å². The van der Waals surface area contributed by atoms with E-state index in [1.54, 1.807) is 0 Å². The summed E-state index contributed by atoms with van der Waals surface area (Å²) in [7, 11) is 0. The summed E-state index contributed by atoms with van der Waals surface area (Å²) in [6, 6.07) is 5.79. The van der Waals surface area contributed by atoms with E-state index in [0.29, 0.717) is 12.5 Å². The number of amides is 1. The number of hydrogen-bond donors (Lipinski definition) is 1. The summed E-state index contributed by atoms with van der Waals surface area (Å²) in [6.07, 6.45) is 9.22. The molecule has 0 spiro atoms. The topological polar surface area (TPSA) is 58.7 Å². The molecule has 2 heterocycles. The molecule has 2 aliphatic heterocycles. The van der Waals surface area contributed by atoms with Crippen LogP contribution in [0.15, 0.2) is 46.7 Å². The lowest BCUT2D eigenvalue weighted by Crippen LogP contribution is -2.32. The van der Waals surface area contributed by atoms with Gasteiger partial charge in [-0.2, -0.15) is 0 Å². The molecule has 4 nitrogen and oxygen atoms in total. The van der Waals surface area contributed by atoms with Gasteiger partial charge in [-0.15, -0.1) is 0 Å². The van der Waals surface area contributed by atoms with Crippen LogP contribution in [0.25, 0.3) is 0 Å². The number of carbonyl (C=O) groups excluding carboxylic acids is 1. The van der Waals surface area contributed by atoms with Gasteiger partial charge in [0.05, 0.1) is 11.4 Å². The monoisotopic (exact) mass is 323 g/mol. The third-order valence-electron chi connectivity index (χ3n) is 4.78. The second kappa shape index (κ2) is 7.14. The standard InChI is InChI=1S/C20H25N3O/c1-3-15-11-19-18(22-13-15)6-4-5-9-23(19)20(24)16-7-8-17(12-21)14(2)10-16/h6-8,10-11,13,15H,3-5,9,12,21H2,1-2H3. The summed E-state index contributed by atoms with van der Waals surface area (Å²) in [4.78, 5) is 19.6. The maximum Gasteiger partial charge on any atom is 0.258 e. The van der Waals surface area contributed by atoms with E-state index >= 15 is 0 Å². The van der Waals surface area contributed by atoms with Gasteiger partial charge in [0, 0.05) is 30.8 Å². The molecule has 1 aromatic carbocycles. The average molecular weight is 323 g/mol. The molecule has 2 aliphatic rings. The van der Waals surface area contributed by atoms with E-state index in [9.17, 15) is 4.79 Å². The SMILES string of the molecule is CCC1C=NC2=CCCCN(C(=O)c3ccc(CN)c(C)c3)C2=C1. The molecule has 4 heteroatoms. The molecule has 1 amide bonds. The number of aliphatic imine (C=N–C) groups is 1. The Bertz CT molecular complexity index is 730. The highest BCUT2D eigenvalue weighted by Crippen LogP contribution is 2.29. The van der Waals surface area contributed by atoms with Gasteiger partial charge in [0.2, 0.25) is 0 Å². The number of benzene rings is 1. The van der Waals surface area contributed by atoms with Gasteiger partial charge in [0.25, 0.3) is 5.91 Å². The summed E-state index contributed by atoms with van der Waals surface area (Å²) in [6.45, 7) is 5.37. The number of dihydropyridines is 1. The van der Waals surface area contributed by atoms with Gasteiger partial charge >= 0.3 is 0 Å². The summed E-state index contributed by atoms with van der Waals surface area (Å²) in [5.41, 5.74) is 10.5. The molecule has 0 saturated carbocycles. The Morgan fingerprint density at radius 3 is 2.96 bits per heavy atom. The van der Waals surface area contributed by atoms with Crippen molar-refractivity contribution in [2.24, 2.45) is 16.6 Å². The van der Waals surface area contributed by atoms with Gasteiger partial charge in [-0.1, -0.05) is 19.1 Å². The molecule has 0 radical (unpaired) electrons. The van der Waals surface area contributed by atoms with Gasteiger partial charge < -0.3 is 10.6 Å². The maximum absolute atomic E-state index is 13.1. The van der Waals surface area contributed by atoms with E-state index in [-0.39, 0.29) is 5.91 Å². The Morgan fingerprint density at radius 1 is 1.42 bits per heavy atom. The highest BCUT2D eigenvalue weighted by molar-refractivity contribution is 5.96. The van der Waals surface area contributed by atoms with Crippen molar-refractivity contribution in [1.29, 1.82) is 0 Å². The average Bonchev–Trinajstić information content (AvgIpc) is 2.82. The first kappa shape index (κ1) is 16.7. The lowest BCUT2D eigenvalue weighted by Gasteiger charge is -2.27. The lowest BCUT2D eigenvalue weighted by atomic mass is 10.0. The first-order valence-corrected chi connectivity index (χ1v) is 8.72. The van der Waals surface area contributed by atoms with Crippen LogP contribution in [0.1, 0.15) is 47.7 Å². The zero-order chi connectivity index (χ0) is 17.1. The fourth-order valence-electron chi connectivity index (χ4n) is 3.22. The van der Waals surface area contributed by atoms with Gasteiger partial charge in [-0.05, 0) is 55.5 Å². The fraction of sp³-hybridized carbons (Fsp3) is 0.400. The minimum atomic E-state index is 0.0488. The van der Waals surface area contributed by atoms with Crippen LogP contribution >= 0.6 is 0 Å². The molecule has 1 aromatic rings. The Balaban J connectivity index is 1.94. The van der Waals surface area contributed by atoms with Crippen molar-refractivity contribution in [1.82, 2.24) is 4.90 Å². The van der Waals surface area contributed by atoms with E-state index in [0.717, 1.165) is 53.9 Å². The molecular formula is C20H25N3O. The number of hydrogen-bond acceptors (Lipinski definition) is 3. The predicted molar refractivity (Wildman–Crippen MR) is 97.8 cm³/mol. The summed E-state index contributed by atoms with van der Waals surface area (Å²) < 4.78 is 0. The van der Waals surface area contributed by atoms with Gasteiger partial charge in [0.15, 0.2) is 0 Å². The molecule has 0 saturated heterocycles. The van der Waals surface area contributed by atoms with Crippen LogP contribution in [-0.4, -0.2) is 23.6 Å². The van der Waals surface area contributed by atoms with Crippen LogP contribution in [0.3, 0.4) is 0 Å². The van der Waals surface area contributed by atoms with E-state index < -0.39 is 0 Å². The summed E-state index contributed by atoms with van der Waals surface area (Å²) >= 11 is 0. The quantitative estimate of drug-likeness (QED) is 0.924. The van der Waals surface area contributed by atoms with Crippen molar-refractivity contribution in [2.45, 2.75) is 39.7 Å². The van der Waals surface area contributed by atoms with Crippen LogP contribution in [0.4, 0.5) is 0 Å². The molecule has 3 rings (SSSR count). The van der Waals surface area contributed by atoms with Gasteiger partial charge in [-0.25, -0.2) is 0 Å². The largest absolute Gasteiger partial charge is 0.326 e. The molecule has 0 fully saturated rings. The molecule has 126 valence electrons. The number of nitrogens with two attached hydrogens (primary N) is 1. The van der Waals surface area contributed by atoms with Crippen molar-refractivity contribution >= 4 is 12.1 Å². The number of fused-ring (bicyclic) bond motifs is 1. The van der Waals surface area contributed by atoms with E-state index in [1.165, 1.54) is 0 Å². The molecule has 24 heavy (non-hydrogen) atoms. The lowest BCUT2D eigenvalue weighted by molar-refractivity contribution is 0.0808. The second-order valence-electron chi connectivity index (χ2n) is 6.44. The van der Waals surface area contributed by atoms with E-state index in [1.807, 2.05) is 36.2 Å². The molecule has 1 unspecified atom stereocenters. The van der Waals surface area contributed by atoms with E-state index in [4.69, 9.17) is 5.73 Å². The molecule has 1 atom stereocenters. The Morgan fingerprint density at radius 2 is 2.25 bits per heavy atom. The highest BCUT2D eigenvalue weighted by atomic mass is 16.2. The minimum Gasteiger partial charge on any atom is -0.326 e. The van der Waals surface area contributed by atoms with Crippen LogP contribution in [0, 0.1) is 12.8 Å². The Hall–Kier alpha value is -2.20. The van der Waals surface area contributed by atoms with Gasteiger partial charge in [-0.3, -0.25) is 9.79 Å². The molecular weight excluding hydrogens is 298 g/mol. The fourth-order valence-corrected chi connectivity index (χ4v) is 3.22. The van der Waals surface area contributed by atoms with E-state index in [2.05, 4.69) is 24.1 Å². The number of carbonyl (C=O) groups is 1. The first-order chi connectivity index (χ1) is 11.6. The van der Waals surface area contributed by atoms with Crippen molar-refractivity contribution in [2.75, 3.05) is 6.54 Å². The van der Waals surface area contributed by atoms with Crippen LogP contribution in [0.5, 0.6) is 0 Å². The zero-order valence-electron chi connectivity index (χ0n) is 14.5. The van der Waals surface area contributed by atoms with Crippen LogP contribution in [-0.2, 0) is 6.54 Å². The van der Waals surface area contributed by atoms with Crippen molar-refractivity contribution < 1.29 is 4.79 Å². The highest BCUT2D eigenvalue weighted by Gasteiger charge is 2.26. The predicted octanol–water partition coefficient (Wildman–Crippen LogP) is 3.57. The number of nitrogens with zero attached hydrogens (tertiary/aromatic N) is 2. The van der Waals surface area contributed by atoms with Crippen LogP contribution in [0.2, 0.25) is 0 Å². The maximum atomic E-state index is 13.1. The zero-order valence-corrected chi connectivity index (χ0v) is 14.5. The number of rotatable bonds is 3. The number of allylic oxidation sites excluding steroid dienone is 2. The van der Waals surface area contributed by atoms with Crippen molar-refractivity contribution in [3.63, 3.8) is 0 Å². The van der Waals surface area contributed by atoms with Crippen molar-refractivity contribution in [3.8, 4) is 0 Å². The summed E-state index contributed by atoms with van der Waals surface area (Å²) in [5.74, 6) is 0.347. The summed E-state index contributed by atoms with van der Waals surface area (Å²) in [5, 5.41) is 0.